The summed E-state index contributed by atoms with van der Waals surface area (Å²) in [5.74, 6) is -0.390. The molecule has 0 bridgehead atoms. The standard InChI is InChI=1S/C13H17ClN2O2/c1-2-18-13(17)9-7-10(14)12(11(15)8-9)16-5-3-4-6-16/h7-8H,2-6,15H2,1H3. The lowest BCUT2D eigenvalue weighted by Gasteiger charge is -2.21. The molecule has 2 rings (SSSR count). The third kappa shape index (κ3) is 2.53. The van der Waals surface area contributed by atoms with Crippen LogP contribution in [0.25, 0.3) is 0 Å². The zero-order chi connectivity index (χ0) is 13.1. The molecule has 0 radical (unpaired) electrons. The van der Waals surface area contributed by atoms with Crippen LogP contribution in [0, 0.1) is 0 Å². The van der Waals surface area contributed by atoms with Crippen molar-refractivity contribution < 1.29 is 9.53 Å². The average Bonchev–Trinajstić information content (AvgIpc) is 2.82. The molecule has 0 amide bonds. The lowest BCUT2D eigenvalue weighted by Crippen LogP contribution is -2.20. The van der Waals surface area contributed by atoms with E-state index in [-0.39, 0.29) is 5.97 Å². The number of halogens is 1. The van der Waals surface area contributed by atoms with Gasteiger partial charge in [0.1, 0.15) is 0 Å². The fraction of sp³-hybridized carbons (Fsp3) is 0.462. The molecule has 1 saturated heterocycles. The molecule has 2 N–H and O–H groups in total. The van der Waals surface area contributed by atoms with Gasteiger partial charge >= 0.3 is 5.97 Å². The molecule has 1 aromatic carbocycles. The van der Waals surface area contributed by atoms with E-state index in [9.17, 15) is 4.79 Å². The van der Waals surface area contributed by atoms with Gasteiger partial charge < -0.3 is 15.4 Å². The van der Waals surface area contributed by atoms with Crippen LogP contribution in [-0.2, 0) is 4.74 Å². The molecular formula is C13H17ClN2O2. The zero-order valence-corrected chi connectivity index (χ0v) is 11.2. The third-order valence-electron chi connectivity index (χ3n) is 3.03. The van der Waals surface area contributed by atoms with Crippen molar-refractivity contribution in [1.82, 2.24) is 0 Å². The lowest BCUT2D eigenvalue weighted by atomic mass is 10.1. The fourth-order valence-corrected chi connectivity index (χ4v) is 2.57. The van der Waals surface area contributed by atoms with Crippen LogP contribution >= 0.6 is 11.6 Å². The van der Waals surface area contributed by atoms with Gasteiger partial charge in [-0.2, -0.15) is 0 Å². The fourth-order valence-electron chi connectivity index (χ4n) is 2.23. The van der Waals surface area contributed by atoms with Crippen molar-refractivity contribution in [2.75, 3.05) is 30.3 Å². The van der Waals surface area contributed by atoms with E-state index in [4.69, 9.17) is 22.1 Å². The van der Waals surface area contributed by atoms with E-state index in [2.05, 4.69) is 4.90 Å². The maximum absolute atomic E-state index is 11.6. The number of rotatable bonds is 3. The minimum Gasteiger partial charge on any atom is -0.462 e. The Kier molecular flexibility index (Phi) is 3.97. The zero-order valence-electron chi connectivity index (χ0n) is 10.4. The minimum absolute atomic E-state index is 0.338. The van der Waals surface area contributed by atoms with Gasteiger partial charge in [0.25, 0.3) is 0 Å². The van der Waals surface area contributed by atoms with Crippen LogP contribution in [0.5, 0.6) is 0 Å². The van der Waals surface area contributed by atoms with Crippen molar-refractivity contribution >= 4 is 28.9 Å². The summed E-state index contributed by atoms with van der Waals surface area (Å²) >= 11 is 6.23. The molecule has 0 saturated carbocycles. The first kappa shape index (κ1) is 13.0. The van der Waals surface area contributed by atoms with Crippen molar-refractivity contribution in [2.45, 2.75) is 19.8 Å². The summed E-state index contributed by atoms with van der Waals surface area (Å²) in [6, 6.07) is 3.26. The summed E-state index contributed by atoms with van der Waals surface area (Å²) in [5.41, 5.74) is 7.78. The normalized spacial score (nSPS) is 14.9. The number of hydrogen-bond donors (Lipinski definition) is 1. The van der Waals surface area contributed by atoms with Crippen LogP contribution in [0.1, 0.15) is 30.1 Å². The molecule has 0 unspecified atom stereocenters. The second-order valence-electron chi connectivity index (χ2n) is 4.31. The van der Waals surface area contributed by atoms with Gasteiger partial charge in [-0.3, -0.25) is 0 Å². The van der Waals surface area contributed by atoms with E-state index in [1.54, 1.807) is 19.1 Å². The topological polar surface area (TPSA) is 55.6 Å². The van der Waals surface area contributed by atoms with Gasteiger partial charge in [0.2, 0.25) is 0 Å². The number of carbonyl (C=O) groups is 1. The third-order valence-corrected chi connectivity index (χ3v) is 3.31. The van der Waals surface area contributed by atoms with E-state index < -0.39 is 0 Å². The van der Waals surface area contributed by atoms with Crippen molar-refractivity contribution in [1.29, 1.82) is 0 Å². The van der Waals surface area contributed by atoms with Crippen molar-refractivity contribution in [3.63, 3.8) is 0 Å². The molecule has 0 aliphatic carbocycles. The molecule has 1 heterocycles. The predicted octanol–water partition coefficient (Wildman–Crippen LogP) is 2.70. The SMILES string of the molecule is CCOC(=O)c1cc(N)c(N2CCCC2)c(Cl)c1. The number of esters is 1. The summed E-state index contributed by atoms with van der Waals surface area (Å²) in [4.78, 5) is 13.8. The van der Waals surface area contributed by atoms with E-state index in [0.717, 1.165) is 31.6 Å². The summed E-state index contributed by atoms with van der Waals surface area (Å²) < 4.78 is 4.94. The number of benzene rings is 1. The Morgan fingerprint density at radius 3 is 2.67 bits per heavy atom. The second kappa shape index (κ2) is 5.48. The van der Waals surface area contributed by atoms with Crippen LogP contribution in [0.3, 0.4) is 0 Å². The maximum Gasteiger partial charge on any atom is 0.338 e. The Hall–Kier alpha value is -1.42. The van der Waals surface area contributed by atoms with Gasteiger partial charge in [0, 0.05) is 13.1 Å². The highest BCUT2D eigenvalue weighted by Gasteiger charge is 2.20. The number of hydrogen-bond acceptors (Lipinski definition) is 4. The molecule has 98 valence electrons. The Balaban J connectivity index is 2.31. The van der Waals surface area contributed by atoms with Gasteiger partial charge in [-0.1, -0.05) is 11.6 Å². The van der Waals surface area contributed by atoms with Crippen molar-refractivity contribution in [2.24, 2.45) is 0 Å². The smallest absolute Gasteiger partial charge is 0.338 e. The van der Waals surface area contributed by atoms with E-state index in [1.807, 2.05) is 0 Å². The first-order chi connectivity index (χ1) is 8.63. The Morgan fingerprint density at radius 1 is 1.44 bits per heavy atom. The summed E-state index contributed by atoms with van der Waals surface area (Å²) in [5, 5.41) is 0.514. The molecule has 1 aromatic rings. The predicted molar refractivity (Wildman–Crippen MR) is 73.3 cm³/mol. The summed E-state index contributed by atoms with van der Waals surface area (Å²) in [7, 11) is 0. The second-order valence-corrected chi connectivity index (χ2v) is 4.72. The number of nitrogens with two attached hydrogens (primary N) is 1. The Labute approximate surface area is 112 Å². The van der Waals surface area contributed by atoms with Crippen LogP contribution in [0.4, 0.5) is 11.4 Å². The number of nitrogen functional groups attached to an aromatic ring is 1. The lowest BCUT2D eigenvalue weighted by molar-refractivity contribution is 0.0526. The minimum atomic E-state index is -0.390. The van der Waals surface area contributed by atoms with Gasteiger partial charge in [-0.25, -0.2) is 4.79 Å². The monoisotopic (exact) mass is 268 g/mol. The average molecular weight is 269 g/mol. The van der Waals surface area contributed by atoms with Crippen LogP contribution in [0.2, 0.25) is 5.02 Å². The number of carbonyl (C=O) groups excluding carboxylic acids is 1. The molecule has 1 aliphatic rings. The van der Waals surface area contributed by atoms with Crippen molar-refractivity contribution in [3.05, 3.63) is 22.7 Å². The largest absolute Gasteiger partial charge is 0.462 e. The van der Waals surface area contributed by atoms with Crippen molar-refractivity contribution in [3.8, 4) is 0 Å². The molecule has 1 fully saturated rings. The van der Waals surface area contributed by atoms with Gasteiger partial charge in [-0.05, 0) is 31.9 Å². The molecule has 18 heavy (non-hydrogen) atoms. The summed E-state index contributed by atoms with van der Waals surface area (Å²) in [6.07, 6.45) is 2.30. The summed E-state index contributed by atoms with van der Waals surface area (Å²) in [6.45, 7) is 4.02. The maximum atomic E-state index is 11.6. The Bertz CT molecular complexity index is 433. The molecule has 0 aromatic heterocycles. The first-order valence-corrected chi connectivity index (χ1v) is 6.52. The molecule has 5 heteroatoms. The molecule has 1 aliphatic heterocycles. The van der Waals surface area contributed by atoms with E-state index in [1.165, 1.54) is 0 Å². The number of anilines is 2. The van der Waals surface area contributed by atoms with Crippen LogP contribution in [-0.4, -0.2) is 25.7 Å². The number of nitrogens with zero attached hydrogens (tertiary/aromatic N) is 1. The van der Waals surface area contributed by atoms with E-state index in [0.29, 0.717) is 22.9 Å². The molecule has 0 atom stereocenters. The highest BCUT2D eigenvalue weighted by molar-refractivity contribution is 6.34. The van der Waals surface area contributed by atoms with Gasteiger partial charge in [-0.15, -0.1) is 0 Å². The molecular weight excluding hydrogens is 252 g/mol. The van der Waals surface area contributed by atoms with Gasteiger partial charge in [0.15, 0.2) is 0 Å². The highest BCUT2D eigenvalue weighted by atomic mass is 35.5. The quantitative estimate of drug-likeness (QED) is 0.676. The van der Waals surface area contributed by atoms with Crippen LogP contribution in [0.15, 0.2) is 12.1 Å². The first-order valence-electron chi connectivity index (χ1n) is 6.14. The Morgan fingerprint density at radius 2 is 2.11 bits per heavy atom. The van der Waals surface area contributed by atoms with Gasteiger partial charge in [0.05, 0.1) is 28.6 Å². The highest BCUT2D eigenvalue weighted by Crippen LogP contribution is 2.35. The number of ether oxygens (including phenoxy) is 1. The molecule has 0 spiro atoms. The molecule has 4 nitrogen and oxygen atoms in total. The van der Waals surface area contributed by atoms with E-state index >= 15 is 0 Å². The van der Waals surface area contributed by atoms with Crippen LogP contribution < -0.4 is 10.6 Å².